The van der Waals surface area contributed by atoms with Crippen molar-refractivity contribution in [1.29, 1.82) is 0 Å². The van der Waals surface area contributed by atoms with Crippen LogP contribution < -0.4 is 19.3 Å². The Balaban J connectivity index is 1.77. The fourth-order valence-electron chi connectivity index (χ4n) is 2.09. The molecule has 0 heterocycles. The zero-order valence-electron chi connectivity index (χ0n) is 12.6. The Labute approximate surface area is 143 Å². The fourth-order valence-corrected chi connectivity index (χ4v) is 2.56. The first-order valence-electron chi connectivity index (χ1n) is 7.13. The molecule has 1 unspecified atom stereocenters. The maximum atomic E-state index is 10.9. The number of ether oxygens (including phenoxy) is 2. The molecule has 0 amide bonds. The second kappa shape index (κ2) is 7.92. The van der Waals surface area contributed by atoms with Crippen LogP contribution in [0.5, 0.6) is 28.7 Å². The van der Waals surface area contributed by atoms with Gasteiger partial charge in [-0.3, -0.25) is 4.57 Å². The second-order valence-electron chi connectivity index (χ2n) is 4.86. The molecule has 0 radical (unpaired) electrons. The summed E-state index contributed by atoms with van der Waals surface area (Å²) in [6.45, 7) is 0. The van der Waals surface area contributed by atoms with Crippen molar-refractivity contribution >= 4 is 23.2 Å². The van der Waals surface area contributed by atoms with Gasteiger partial charge in [-0.15, -0.1) is 0 Å². The van der Waals surface area contributed by atoms with Crippen LogP contribution in [0.15, 0.2) is 72.8 Å². The van der Waals surface area contributed by atoms with Crippen LogP contribution in [0, 0.1) is 0 Å². The number of rotatable bonds is 6. The first-order chi connectivity index (χ1) is 11.8. The third-order valence-electron chi connectivity index (χ3n) is 3.14. The molecule has 1 atom stereocenters. The molecule has 3 aromatic rings. The van der Waals surface area contributed by atoms with E-state index in [1.165, 1.54) is 0 Å². The summed E-state index contributed by atoms with van der Waals surface area (Å²) in [5.41, 5.74) is 0. The van der Waals surface area contributed by atoms with Gasteiger partial charge in [-0.2, -0.15) is 0 Å². The molecule has 120 valence electrons. The Morgan fingerprint density at radius 3 is 1.67 bits per heavy atom. The van der Waals surface area contributed by atoms with E-state index in [0.29, 0.717) is 34.1 Å². The highest BCUT2D eigenvalue weighted by Crippen LogP contribution is 2.30. The lowest BCUT2D eigenvalue weighted by Gasteiger charge is -2.10. The molecule has 0 aromatic heterocycles. The fraction of sp³-hybridized carbons (Fsp3) is 0. The van der Waals surface area contributed by atoms with Gasteiger partial charge in [0.25, 0.3) is 0 Å². The number of hydrogen-bond donors (Lipinski definition) is 0. The molecule has 24 heavy (non-hydrogen) atoms. The van der Waals surface area contributed by atoms with Crippen LogP contribution in [-0.4, -0.2) is 0 Å². The third-order valence-corrected chi connectivity index (χ3v) is 3.90. The molecule has 3 rings (SSSR count). The average Bonchev–Trinajstić information content (AvgIpc) is 2.62. The van der Waals surface area contributed by atoms with Crippen molar-refractivity contribution in [3.05, 3.63) is 72.8 Å². The van der Waals surface area contributed by atoms with Crippen LogP contribution in [0.25, 0.3) is 0 Å². The molecule has 0 bridgehead atoms. The zero-order valence-corrected chi connectivity index (χ0v) is 14.6. The molecule has 0 N–H and O–H groups in total. The normalized spacial score (nSPS) is 10.4. The van der Waals surface area contributed by atoms with Crippen LogP contribution in [-0.2, 0) is 4.57 Å². The minimum Gasteiger partial charge on any atom is -0.480 e. The van der Waals surface area contributed by atoms with Crippen molar-refractivity contribution in [2.45, 2.75) is 0 Å². The van der Waals surface area contributed by atoms with Crippen LogP contribution >= 0.6 is 17.9 Å². The van der Waals surface area contributed by atoms with E-state index in [0.717, 1.165) is 0 Å². The topological polar surface area (TPSA) is 44.8 Å². The van der Waals surface area contributed by atoms with Crippen molar-refractivity contribution in [3.8, 4) is 28.7 Å². The molecule has 0 fully saturated rings. The molecule has 3 aromatic carbocycles. The molecule has 0 saturated heterocycles. The third kappa shape index (κ3) is 4.32. The molecule has 6 heteroatoms. The van der Waals surface area contributed by atoms with Gasteiger partial charge in [0.1, 0.15) is 28.7 Å². The number of hydrogen-bond acceptors (Lipinski definition) is 4. The summed E-state index contributed by atoms with van der Waals surface area (Å²) in [5.74, 6) is 3.25. The van der Waals surface area contributed by atoms with Crippen LogP contribution in [0.3, 0.4) is 0 Å². The van der Waals surface area contributed by atoms with Gasteiger partial charge < -0.3 is 14.0 Å². The highest BCUT2D eigenvalue weighted by Gasteiger charge is 2.03. The lowest BCUT2D eigenvalue weighted by atomic mass is 10.3. The molecular weight excluding hydrogens is 342 g/mol. The lowest BCUT2D eigenvalue weighted by molar-refractivity contribution is 0.459. The predicted molar refractivity (Wildman–Crippen MR) is 97.1 cm³/mol. The molecule has 0 aliphatic carbocycles. The van der Waals surface area contributed by atoms with Gasteiger partial charge in [-0.25, -0.2) is 0 Å². The Morgan fingerprint density at radius 2 is 1.12 bits per heavy atom. The number of benzene rings is 3. The van der Waals surface area contributed by atoms with Gasteiger partial charge in [-0.1, -0.05) is 18.2 Å². The van der Waals surface area contributed by atoms with E-state index in [2.05, 4.69) is 9.47 Å². The van der Waals surface area contributed by atoms with Gasteiger partial charge in [0, 0.05) is 17.4 Å². The van der Waals surface area contributed by atoms with Crippen molar-refractivity contribution in [2.75, 3.05) is 0 Å². The van der Waals surface area contributed by atoms with Crippen LogP contribution in [0.4, 0.5) is 0 Å². The van der Waals surface area contributed by atoms with Crippen molar-refractivity contribution in [3.63, 3.8) is 0 Å². The van der Waals surface area contributed by atoms with Crippen molar-refractivity contribution in [1.82, 2.24) is 0 Å². The maximum absolute atomic E-state index is 10.9. The summed E-state index contributed by atoms with van der Waals surface area (Å²) >= 11 is 0. The standard InChI is InChI=1S/C18H14O4P2/c19-24-18-9-3-7-16(12-18)21-14-5-1-4-13(10-14)20-15-6-2-8-17(11-15)22-23/h1-12H,23H2. The molecule has 4 nitrogen and oxygen atoms in total. The minimum absolute atomic E-state index is 0.0350. The van der Waals surface area contributed by atoms with E-state index in [1.807, 2.05) is 42.5 Å². The summed E-state index contributed by atoms with van der Waals surface area (Å²) in [7, 11) is 2.17. The van der Waals surface area contributed by atoms with Crippen LogP contribution in [0.1, 0.15) is 0 Å². The monoisotopic (exact) mass is 356 g/mol. The first-order valence-corrected chi connectivity index (χ1v) is 8.41. The van der Waals surface area contributed by atoms with E-state index < -0.39 is 0 Å². The quantitative estimate of drug-likeness (QED) is 0.558. The largest absolute Gasteiger partial charge is 0.480 e. The highest BCUT2D eigenvalue weighted by molar-refractivity contribution is 7.34. The van der Waals surface area contributed by atoms with Gasteiger partial charge in [0.15, 0.2) is 8.46 Å². The van der Waals surface area contributed by atoms with Crippen molar-refractivity contribution in [2.24, 2.45) is 0 Å². The Bertz CT molecular complexity index is 852. The summed E-state index contributed by atoms with van der Waals surface area (Å²) in [6, 6.07) is 21.7. The Kier molecular flexibility index (Phi) is 5.43. The summed E-state index contributed by atoms with van der Waals surface area (Å²) in [5, 5.41) is 0.661. The highest BCUT2D eigenvalue weighted by atomic mass is 31.1. The van der Waals surface area contributed by atoms with Gasteiger partial charge in [0.2, 0.25) is 0 Å². The molecule has 0 spiro atoms. The molecule has 0 saturated carbocycles. The molecule has 0 aliphatic rings. The van der Waals surface area contributed by atoms with Crippen LogP contribution in [0.2, 0.25) is 0 Å². The van der Waals surface area contributed by atoms with E-state index in [9.17, 15) is 4.57 Å². The Hall–Kier alpha value is -2.41. The van der Waals surface area contributed by atoms with E-state index in [-0.39, 0.29) is 8.46 Å². The first kappa shape index (κ1) is 16.4. The SMILES string of the molecule is O=Pc1cccc(Oc2cccc(Oc3cccc(OP)c3)c2)c1. The maximum Gasteiger partial charge on any atom is 0.192 e. The van der Waals surface area contributed by atoms with Gasteiger partial charge in [0.05, 0.1) is 9.47 Å². The smallest absolute Gasteiger partial charge is 0.192 e. The summed E-state index contributed by atoms with van der Waals surface area (Å²) in [4.78, 5) is 0. The molecule has 0 aliphatic heterocycles. The zero-order chi connectivity index (χ0) is 16.8. The van der Waals surface area contributed by atoms with E-state index in [1.54, 1.807) is 30.3 Å². The van der Waals surface area contributed by atoms with Gasteiger partial charge >= 0.3 is 0 Å². The lowest BCUT2D eigenvalue weighted by Crippen LogP contribution is -1.92. The summed E-state index contributed by atoms with van der Waals surface area (Å²) in [6.07, 6.45) is 0. The second-order valence-corrected chi connectivity index (χ2v) is 5.80. The predicted octanol–water partition coefficient (Wildman–Crippen LogP) is 5.36. The van der Waals surface area contributed by atoms with E-state index in [4.69, 9.17) is 14.0 Å². The molecular formula is C18H14O4P2. The summed E-state index contributed by atoms with van der Waals surface area (Å²) < 4.78 is 27.6. The van der Waals surface area contributed by atoms with Gasteiger partial charge in [-0.05, 0) is 42.5 Å². The Morgan fingerprint density at radius 1 is 0.667 bits per heavy atom. The van der Waals surface area contributed by atoms with E-state index >= 15 is 0 Å². The van der Waals surface area contributed by atoms with Crippen molar-refractivity contribution < 1.29 is 18.6 Å². The average molecular weight is 356 g/mol. The minimum atomic E-state index is -0.0350.